The van der Waals surface area contributed by atoms with Crippen LogP contribution in [0.15, 0.2) is 59.6 Å². The molecule has 0 aliphatic rings. The van der Waals surface area contributed by atoms with Gasteiger partial charge in [-0.25, -0.2) is 4.98 Å². The SMILES string of the molecule is COc1cccc(/C=C(\C#N)C(=O)Nc2nccs2)c1OCc1cccc(C(F)(F)F)c1. The van der Waals surface area contributed by atoms with Crippen molar-refractivity contribution in [3.05, 3.63) is 76.3 Å². The Labute approximate surface area is 185 Å². The van der Waals surface area contributed by atoms with Crippen LogP contribution in [-0.2, 0) is 17.6 Å². The molecule has 10 heteroatoms. The highest BCUT2D eigenvalue weighted by Gasteiger charge is 2.30. The molecule has 0 saturated carbocycles. The van der Waals surface area contributed by atoms with Crippen LogP contribution in [0.4, 0.5) is 18.3 Å². The molecule has 2 aromatic carbocycles. The zero-order valence-corrected chi connectivity index (χ0v) is 17.5. The third-order valence-electron chi connectivity index (χ3n) is 4.18. The van der Waals surface area contributed by atoms with E-state index < -0.39 is 17.6 Å². The Morgan fingerprint density at radius 1 is 1.28 bits per heavy atom. The number of carbonyl (C=O) groups excluding carboxylic acids is 1. The van der Waals surface area contributed by atoms with Crippen LogP contribution in [0.1, 0.15) is 16.7 Å². The van der Waals surface area contributed by atoms with Gasteiger partial charge in [-0.1, -0.05) is 24.3 Å². The van der Waals surface area contributed by atoms with Crippen LogP contribution < -0.4 is 14.8 Å². The number of hydrogen-bond acceptors (Lipinski definition) is 6. The van der Waals surface area contributed by atoms with E-state index in [0.717, 1.165) is 12.1 Å². The summed E-state index contributed by atoms with van der Waals surface area (Å²) in [6.45, 7) is -0.182. The minimum absolute atomic E-state index is 0.182. The molecule has 0 unspecified atom stereocenters. The fourth-order valence-electron chi connectivity index (χ4n) is 2.71. The van der Waals surface area contributed by atoms with Gasteiger partial charge in [0.25, 0.3) is 5.91 Å². The number of para-hydroxylation sites is 1. The zero-order valence-electron chi connectivity index (χ0n) is 16.6. The quantitative estimate of drug-likeness (QED) is 0.383. The predicted molar refractivity (Wildman–Crippen MR) is 113 cm³/mol. The second-order valence-electron chi connectivity index (χ2n) is 6.33. The molecule has 3 aromatic rings. The van der Waals surface area contributed by atoms with Gasteiger partial charge in [-0.3, -0.25) is 10.1 Å². The van der Waals surface area contributed by atoms with E-state index in [1.807, 2.05) is 6.07 Å². The van der Waals surface area contributed by atoms with Gasteiger partial charge in [0.15, 0.2) is 16.6 Å². The maximum atomic E-state index is 13.0. The van der Waals surface area contributed by atoms with Crippen molar-refractivity contribution in [2.75, 3.05) is 12.4 Å². The van der Waals surface area contributed by atoms with Crippen LogP contribution in [0.25, 0.3) is 6.08 Å². The minimum Gasteiger partial charge on any atom is -0.493 e. The summed E-state index contributed by atoms with van der Waals surface area (Å²) in [6.07, 6.45) is -1.65. The highest BCUT2D eigenvalue weighted by Crippen LogP contribution is 2.34. The van der Waals surface area contributed by atoms with Gasteiger partial charge >= 0.3 is 6.18 Å². The molecule has 0 saturated heterocycles. The molecule has 0 aliphatic heterocycles. The molecular weight excluding hydrogens is 443 g/mol. The van der Waals surface area contributed by atoms with Crippen LogP contribution in [0.5, 0.6) is 11.5 Å². The summed E-state index contributed by atoms with van der Waals surface area (Å²) in [7, 11) is 1.40. The summed E-state index contributed by atoms with van der Waals surface area (Å²) >= 11 is 1.20. The number of rotatable bonds is 7. The van der Waals surface area contributed by atoms with E-state index in [4.69, 9.17) is 9.47 Å². The van der Waals surface area contributed by atoms with Gasteiger partial charge in [0.2, 0.25) is 0 Å². The summed E-state index contributed by atoms with van der Waals surface area (Å²) in [5.74, 6) is -0.181. The number of ether oxygens (including phenoxy) is 2. The first-order valence-electron chi connectivity index (χ1n) is 9.10. The lowest BCUT2D eigenvalue weighted by Crippen LogP contribution is -2.13. The van der Waals surface area contributed by atoms with Crippen molar-refractivity contribution in [1.29, 1.82) is 5.26 Å². The van der Waals surface area contributed by atoms with E-state index in [9.17, 15) is 23.2 Å². The van der Waals surface area contributed by atoms with Gasteiger partial charge < -0.3 is 9.47 Å². The number of aromatic nitrogens is 1. The number of benzene rings is 2. The smallest absolute Gasteiger partial charge is 0.416 e. The lowest BCUT2D eigenvalue weighted by atomic mass is 10.1. The van der Waals surface area contributed by atoms with Gasteiger partial charge in [0, 0.05) is 17.1 Å². The summed E-state index contributed by atoms with van der Waals surface area (Å²) < 4.78 is 49.9. The molecule has 0 spiro atoms. The molecule has 0 radical (unpaired) electrons. The number of anilines is 1. The van der Waals surface area contributed by atoms with E-state index in [0.29, 0.717) is 22.0 Å². The molecule has 1 heterocycles. The molecule has 1 aromatic heterocycles. The lowest BCUT2D eigenvalue weighted by Gasteiger charge is -2.14. The van der Waals surface area contributed by atoms with Crippen LogP contribution in [-0.4, -0.2) is 18.0 Å². The van der Waals surface area contributed by atoms with Crippen molar-refractivity contribution in [3.8, 4) is 17.6 Å². The third kappa shape index (κ3) is 5.65. The Hall–Kier alpha value is -3.84. The Morgan fingerprint density at radius 2 is 2.06 bits per heavy atom. The van der Waals surface area contributed by atoms with Gasteiger partial charge in [0.05, 0.1) is 12.7 Å². The van der Waals surface area contributed by atoms with Crippen molar-refractivity contribution >= 4 is 28.5 Å². The number of nitrogens with one attached hydrogen (secondary N) is 1. The maximum absolute atomic E-state index is 13.0. The Morgan fingerprint density at radius 3 is 2.72 bits per heavy atom. The van der Waals surface area contributed by atoms with Gasteiger partial charge in [-0.15, -0.1) is 11.3 Å². The second kappa shape index (κ2) is 9.98. The summed E-state index contributed by atoms with van der Waals surface area (Å²) in [5.41, 5.74) is -0.355. The molecular formula is C22H16F3N3O3S. The first kappa shape index (κ1) is 22.8. The number of halogens is 3. The minimum atomic E-state index is -4.47. The molecule has 1 N–H and O–H groups in total. The van der Waals surface area contributed by atoms with Crippen molar-refractivity contribution in [2.45, 2.75) is 12.8 Å². The number of nitrogens with zero attached hydrogens (tertiary/aromatic N) is 2. The molecule has 32 heavy (non-hydrogen) atoms. The molecule has 0 fully saturated rings. The Bertz CT molecular complexity index is 1170. The largest absolute Gasteiger partial charge is 0.493 e. The van der Waals surface area contributed by atoms with Crippen LogP contribution in [0, 0.1) is 11.3 Å². The number of alkyl halides is 3. The number of nitriles is 1. The molecule has 3 rings (SSSR count). The molecule has 0 atom stereocenters. The van der Waals surface area contributed by atoms with Crippen molar-refractivity contribution in [3.63, 3.8) is 0 Å². The summed E-state index contributed by atoms with van der Waals surface area (Å²) in [4.78, 5) is 16.3. The predicted octanol–water partition coefficient (Wildman–Crippen LogP) is 5.30. The summed E-state index contributed by atoms with van der Waals surface area (Å²) in [6, 6.07) is 11.4. The fourth-order valence-corrected chi connectivity index (χ4v) is 3.23. The van der Waals surface area contributed by atoms with E-state index >= 15 is 0 Å². The number of amides is 1. The molecule has 6 nitrogen and oxygen atoms in total. The molecule has 164 valence electrons. The van der Waals surface area contributed by atoms with Gasteiger partial charge in [-0.05, 0) is 29.8 Å². The number of hydrogen-bond donors (Lipinski definition) is 1. The third-order valence-corrected chi connectivity index (χ3v) is 4.87. The Kier molecular flexibility index (Phi) is 7.12. The van der Waals surface area contributed by atoms with Crippen molar-refractivity contribution in [2.24, 2.45) is 0 Å². The first-order chi connectivity index (χ1) is 15.3. The monoisotopic (exact) mass is 459 g/mol. The number of thiazole rings is 1. The van der Waals surface area contributed by atoms with Gasteiger partial charge in [-0.2, -0.15) is 18.4 Å². The van der Waals surface area contributed by atoms with Crippen molar-refractivity contribution in [1.82, 2.24) is 4.98 Å². The first-order valence-corrected chi connectivity index (χ1v) is 9.98. The standard InChI is InChI=1S/C22H16F3N3O3S/c1-30-18-7-3-5-15(11-16(12-26)20(29)28-21-27-8-9-32-21)19(18)31-13-14-4-2-6-17(10-14)22(23,24)25/h2-11H,13H2,1H3,(H,27,28,29)/b16-11+. The van der Waals surface area contributed by atoms with Crippen molar-refractivity contribution < 1.29 is 27.4 Å². The van der Waals surface area contributed by atoms with Crippen LogP contribution in [0.2, 0.25) is 0 Å². The second-order valence-corrected chi connectivity index (χ2v) is 7.22. The topological polar surface area (TPSA) is 84.2 Å². The highest BCUT2D eigenvalue weighted by atomic mass is 32.1. The maximum Gasteiger partial charge on any atom is 0.416 e. The molecule has 0 aliphatic carbocycles. The molecule has 0 bridgehead atoms. The number of methoxy groups -OCH3 is 1. The lowest BCUT2D eigenvalue weighted by molar-refractivity contribution is -0.137. The Balaban J connectivity index is 1.88. The van der Waals surface area contributed by atoms with Gasteiger partial charge in [0.1, 0.15) is 18.2 Å². The highest BCUT2D eigenvalue weighted by molar-refractivity contribution is 7.13. The normalized spacial score (nSPS) is 11.5. The van der Waals surface area contributed by atoms with Crippen LogP contribution >= 0.6 is 11.3 Å². The average molecular weight is 459 g/mol. The molecule has 1 amide bonds. The summed E-state index contributed by atoms with van der Waals surface area (Å²) in [5, 5.41) is 14.0. The number of carbonyl (C=O) groups is 1. The fraction of sp³-hybridized carbons (Fsp3) is 0.136. The van der Waals surface area contributed by atoms with E-state index in [-0.39, 0.29) is 17.9 Å². The zero-order chi connectivity index (χ0) is 23.1. The average Bonchev–Trinajstić information content (AvgIpc) is 3.28. The van der Waals surface area contributed by atoms with Crippen LogP contribution in [0.3, 0.4) is 0 Å². The van der Waals surface area contributed by atoms with E-state index in [1.54, 1.807) is 23.6 Å². The van der Waals surface area contributed by atoms with E-state index in [1.165, 1.54) is 42.9 Å². The van der Waals surface area contributed by atoms with E-state index in [2.05, 4.69) is 10.3 Å².